The van der Waals surface area contributed by atoms with Crippen LogP contribution in [0.15, 0.2) is 57.0 Å². The molecule has 0 saturated carbocycles. The predicted molar refractivity (Wildman–Crippen MR) is 77.6 cm³/mol. The topological polar surface area (TPSA) is 74.8 Å². The SMILES string of the molecule is O=C1NC(=Nc2ccc(O)cc2)SC1=Cc1ccco1. The minimum absolute atomic E-state index is 0.176. The molecule has 1 aliphatic rings. The van der Waals surface area contributed by atoms with Crippen molar-refractivity contribution in [1.82, 2.24) is 5.32 Å². The quantitative estimate of drug-likeness (QED) is 0.832. The average molecular weight is 286 g/mol. The van der Waals surface area contributed by atoms with Gasteiger partial charge in [0.05, 0.1) is 16.9 Å². The highest BCUT2D eigenvalue weighted by Crippen LogP contribution is 2.28. The summed E-state index contributed by atoms with van der Waals surface area (Å²) in [5.74, 6) is 0.591. The maximum atomic E-state index is 11.8. The standard InChI is InChI=1S/C14H10N2O3S/c17-10-5-3-9(4-6-10)15-14-16-13(18)12(20-14)8-11-2-1-7-19-11/h1-8,17H,(H,15,16,18). The van der Waals surface area contributed by atoms with Crippen LogP contribution in [-0.4, -0.2) is 16.2 Å². The average Bonchev–Trinajstić information content (AvgIpc) is 3.04. The molecule has 2 aromatic rings. The van der Waals surface area contributed by atoms with Crippen LogP contribution in [0.25, 0.3) is 6.08 Å². The fraction of sp³-hybridized carbons (Fsp3) is 0. The van der Waals surface area contributed by atoms with Crippen molar-refractivity contribution in [3.05, 3.63) is 53.3 Å². The van der Waals surface area contributed by atoms with Gasteiger partial charge in [0.1, 0.15) is 11.5 Å². The van der Waals surface area contributed by atoms with Gasteiger partial charge in [0, 0.05) is 6.08 Å². The van der Waals surface area contributed by atoms with Crippen molar-refractivity contribution in [2.75, 3.05) is 0 Å². The third kappa shape index (κ3) is 2.75. The summed E-state index contributed by atoms with van der Waals surface area (Å²) in [6.45, 7) is 0. The van der Waals surface area contributed by atoms with Crippen LogP contribution in [0.4, 0.5) is 5.69 Å². The second-order valence-electron chi connectivity index (χ2n) is 4.01. The number of phenolic OH excluding ortho intramolecular Hbond substituents is 1. The van der Waals surface area contributed by atoms with Crippen molar-refractivity contribution in [1.29, 1.82) is 0 Å². The molecule has 1 aliphatic heterocycles. The number of amides is 1. The minimum Gasteiger partial charge on any atom is -0.508 e. The van der Waals surface area contributed by atoms with Crippen LogP contribution >= 0.6 is 11.8 Å². The fourth-order valence-electron chi connectivity index (χ4n) is 1.63. The van der Waals surface area contributed by atoms with E-state index in [1.165, 1.54) is 11.8 Å². The molecule has 20 heavy (non-hydrogen) atoms. The molecule has 5 nitrogen and oxygen atoms in total. The normalized spacial score (nSPS) is 18.7. The number of rotatable bonds is 2. The fourth-order valence-corrected chi connectivity index (χ4v) is 2.45. The van der Waals surface area contributed by atoms with Crippen molar-refractivity contribution in [3.8, 4) is 5.75 Å². The highest BCUT2D eigenvalue weighted by Gasteiger charge is 2.24. The van der Waals surface area contributed by atoms with Crippen molar-refractivity contribution in [3.63, 3.8) is 0 Å². The van der Waals surface area contributed by atoms with Crippen molar-refractivity contribution < 1.29 is 14.3 Å². The first-order chi connectivity index (χ1) is 9.70. The van der Waals surface area contributed by atoms with Gasteiger partial charge in [-0.15, -0.1) is 0 Å². The second kappa shape index (κ2) is 5.26. The first kappa shape index (κ1) is 12.6. The van der Waals surface area contributed by atoms with E-state index in [9.17, 15) is 9.90 Å². The monoisotopic (exact) mass is 286 g/mol. The number of benzene rings is 1. The number of furan rings is 1. The number of aliphatic imine (C=N–C) groups is 1. The first-order valence-electron chi connectivity index (χ1n) is 5.83. The predicted octanol–water partition coefficient (Wildman–Crippen LogP) is 2.88. The molecular formula is C14H10N2O3S. The number of thioether (sulfide) groups is 1. The van der Waals surface area contributed by atoms with Crippen molar-refractivity contribution in [2.24, 2.45) is 4.99 Å². The molecule has 1 aromatic heterocycles. The zero-order chi connectivity index (χ0) is 13.9. The molecule has 1 amide bonds. The van der Waals surface area contributed by atoms with E-state index in [2.05, 4.69) is 10.3 Å². The van der Waals surface area contributed by atoms with Crippen LogP contribution in [0.1, 0.15) is 5.76 Å². The Morgan fingerprint density at radius 2 is 2.05 bits per heavy atom. The van der Waals surface area contributed by atoms with Gasteiger partial charge in [-0.25, -0.2) is 4.99 Å². The van der Waals surface area contributed by atoms with Crippen LogP contribution in [0.5, 0.6) is 5.75 Å². The third-order valence-corrected chi connectivity index (χ3v) is 3.46. The maximum Gasteiger partial charge on any atom is 0.264 e. The first-order valence-corrected chi connectivity index (χ1v) is 6.64. The molecular weight excluding hydrogens is 276 g/mol. The Bertz CT molecular complexity index is 688. The van der Waals surface area contributed by atoms with E-state index in [1.807, 2.05) is 0 Å². The van der Waals surface area contributed by atoms with E-state index in [0.717, 1.165) is 0 Å². The van der Waals surface area contributed by atoms with Crippen LogP contribution in [0.3, 0.4) is 0 Å². The molecule has 0 radical (unpaired) electrons. The zero-order valence-corrected chi connectivity index (χ0v) is 11.1. The minimum atomic E-state index is -0.205. The summed E-state index contributed by atoms with van der Waals surface area (Å²) in [4.78, 5) is 16.6. The van der Waals surface area contributed by atoms with Crippen LogP contribution in [0, 0.1) is 0 Å². The molecule has 1 saturated heterocycles. The summed E-state index contributed by atoms with van der Waals surface area (Å²) < 4.78 is 5.17. The van der Waals surface area contributed by atoms with E-state index in [1.54, 1.807) is 48.7 Å². The molecule has 0 aliphatic carbocycles. The van der Waals surface area contributed by atoms with E-state index >= 15 is 0 Å². The number of nitrogens with one attached hydrogen (secondary N) is 1. The molecule has 0 bridgehead atoms. The summed E-state index contributed by atoms with van der Waals surface area (Å²) in [5.41, 5.74) is 0.657. The number of carbonyl (C=O) groups excluding carboxylic acids is 1. The molecule has 2 heterocycles. The molecule has 1 fully saturated rings. The van der Waals surface area contributed by atoms with Gasteiger partial charge in [-0.05, 0) is 48.2 Å². The third-order valence-electron chi connectivity index (χ3n) is 2.55. The van der Waals surface area contributed by atoms with Crippen molar-refractivity contribution in [2.45, 2.75) is 0 Å². The summed E-state index contributed by atoms with van der Waals surface area (Å²) in [6.07, 6.45) is 3.22. The number of aromatic hydroxyl groups is 1. The largest absolute Gasteiger partial charge is 0.508 e. The lowest BCUT2D eigenvalue weighted by atomic mass is 10.3. The van der Waals surface area contributed by atoms with Crippen LogP contribution in [-0.2, 0) is 4.79 Å². The molecule has 0 unspecified atom stereocenters. The van der Waals surface area contributed by atoms with Gasteiger partial charge in [0.2, 0.25) is 0 Å². The van der Waals surface area contributed by atoms with Gasteiger partial charge in [0.25, 0.3) is 5.91 Å². The summed E-state index contributed by atoms with van der Waals surface area (Å²) in [7, 11) is 0. The Morgan fingerprint density at radius 3 is 2.75 bits per heavy atom. The molecule has 100 valence electrons. The number of hydrogen-bond donors (Lipinski definition) is 2. The number of phenols is 1. The second-order valence-corrected chi connectivity index (χ2v) is 5.04. The molecule has 0 spiro atoms. The summed E-state index contributed by atoms with van der Waals surface area (Å²) >= 11 is 1.24. The van der Waals surface area contributed by atoms with Gasteiger partial charge >= 0.3 is 0 Å². The lowest BCUT2D eigenvalue weighted by Gasteiger charge is -1.96. The Hall–Kier alpha value is -2.47. The van der Waals surface area contributed by atoms with Gasteiger partial charge in [-0.2, -0.15) is 0 Å². The van der Waals surface area contributed by atoms with Crippen LogP contribution < -0.4 is 5.32 Å². The van der Waals surface area contributed by atoms with E-state index < -0.39 is 0 Å². The Labute approximate surface area is 119 Å². The maximum absolute atomic E-state index is 11.8. The lowest BCUT2D eigenvalue weighted by Crippen LogP contribution is -2.19. The molecule has 1 aromatic carbocycles. The van der Waals surface area contributed by atoms with E-state index in [-0.39, 0.29) is 11.7 Å². The Balaban J connectivity index is 1.81. The van der Waals surface area contributed by atoms with Crippen molar-refractivity contribution >= 4 is 34.6 Å². The molecule has 0 atom stereocenters. The van der Waals surface area contributed by atoms with Crippen LogP contribution in [0.2, 0.25) is 0 Å². The van der Waals surface area contributed by atoms with Gasteiger partial charge in [0.15, 0.2) is 5.17 Å². The Morgan fingerprint density at radius 1 is 1.25 bits per heavy atom. The summed E-state index contributed by atoms with van der Waals surface area (Å²) in [5, 5.41) is 12.4. The zero-order valence-electron chi connectivity index (χ0n) is 10.2. The number of nitrogens with zero attached hydrogens (tertiary/aromatic N) is 1. The highest BCUT2D eigenvalue weighted by atomic mass is 32.2. The smallest absolute Gasteiger partial charge is 0.264 e. The lowest BCUT2D eigenvalue weighted by molar-refractivity contribution is -0.115. The van der Waals surface area contributed by atoms with Gasteiger partial charge < -0.3 is 14.8 Å². The molecule has 6 heteroatoms. The summed E-state index contributed by atoms with van der Waals surface area (Å²) in [6, 6.07) is 9.96. The van der Waals surface area contributed by atoms with E-state index in [0.29, 0.717) is 21.5 Å². The number of amidine groups is 1. The van der Waals surface area contributed by atoms with E-state index in [4.69, 9.17) is 4.42 Å². The highest BCUT2D eigenvalue weighted by molar-refractivity contribution is 8.18. The van der Waals surface area contributed by atoms with Gasteiger partial charge in [-0.1, -0.05) is 0 Å². The number of carbonyl (C=O) groups is 1. The van der Waals surface area contributed by atoms with Gasteiger partial charge in [-0.3, -0.25) is 4.79 Å². The Kier molecular flexibility index (Phi) is 3.30. The molecule has 2 N–H and O–H groups in total. The molecule has 3 rings (SSSR count). The number of hydrogen-bond acceptors (Lipinski definition) is 5.